The van der Waals surface area contributed by atoms with Crippen molar-refractivity contribution in [2.75, 3.05) is 53.0 Å². The van der Waals surface area contributed by atoms with Crippen molar-refractivity contribution < 1.29 is 19.1 Å². The summed E-state index contributed by atoms with van der Waals surface area (Å²) in [5, 5.41) is 0. The Morgan fingerprint density at radius 2 is 1.71 bits per heavy atom. The minimum atomic E-state index is 0.0611. The van der Waals surface area contributed by atoms with Crippen LogP contribution in [0, 0.1) is 0 Å². The normalized spacial score (nSPS) is 21.4. The number of carbonyl (C=O) groups is 2. The highest BCUT2D eigenvalue weighted by Gasteiger charge is 2.31. The first kappa shape index (κ1) is 19.1. The molecule has 3 aliphatic rings. The van der Waals surface area contributed by atoms with E-state index >= 15 is 0 Å². The van der Waals surface area contributed by atoms with E-state index < -0.39 is 0 Å². The van der Waals surface area contributed by atoms with E-state index in [1.54, 1.807) is 0 Å². The molecule has 0 spiro atoms. The first-order valence-electron chi connectivity index (χ1n) is 10.3. The van der Waals surface area contributed by atoms with Crippen LogP contribution in [-0.2, 0) is 9.59 Å². The summed E-state index contributed by atoms with van der Waals surface area (Å²) >= 11 is 0. The lowest BCUT2D eigenvalue weighted by atomic mass is 10.0. The van der Waals surface area contributed by atoms with Crippen LogP contribution in [0.4, 0.5) is 0 Å². The molecule has 1 atom stereocenters. The Hall–Kier alpha value is -2.28. The summed E-state index contributed by atoms with van der Waals surface area (Å²) in [6, 6.07) is 6.03. The van der Waals surface area contributed by atoms with Gasteiger partial charge in [-0.3, -0.25) is 14.5 Å². The van der Waals surface area contributed by atoms with Gasteiger partial charge in [0.05, 0.1) is 19.1 Å². The van der Waals surface area contributed by atoms with Gasteiger partial charge in [0.25, 0.3) is 0 Å². The SMILES string of the molecule is CN(CC(=O)N1CCCC1)CC(=O)N1CCCC1c1ccc2c(c1)OCCO2. The molecule has 2 fully saturated rings. The summed E-state index contributed by atoms with van der Waals surface area (Å²) in [5.41, 5.74) is 1.09. The minimum absolute atomic E-state index is 0.0611. The van der Waals surface area contributed by atoms with Crippen LogP contribution in [0.3, 0.4) is 0 Å². The van der Waals surface area contributed by atoms with Crippen molar-refractivity contribution in [1.29, 1.82) is 0 Å². The fraction of sp³-hybridized carbons (Fsp3) is 0.619. The minimum Gasteiger partial charge on any atom is -0.486 e. The van der Waals surface area contributed by atoms with E-state index in [2.05, 4.69) is 0 Å². The molecule has 2 amide bonds. The van der Waals surface area contributed by atoms with Gasteiger partial charge in [0.15, 0.2) is 11.5 Å². The number of nitrogens with zero attached hydrogens (tertiary/aromatic N) is 3. The molecule has 2 saturated heterocycles. The second kappa shape index (κ2) is 8.39. The third kappa shape index (κ3) is 4.09. The lowest BCUT2D eigenvalue weighted by Gasteiger charge is -2.28. The van der Waals surface area contributed by atoms with E-state index in [1.807, 2.05) is 39.9 Å². The highest BCUT2D eigenvalue weighted by molar-refractivity contribution is 5.82. The lowest BCUT2D eigenvalue weighted by molar-refractivity contribution is -0.135. The number of fused-ring (bicyclic) bond motifs is 1. The Balaban J connectivity index is 1.37. The summed E-state index contributed by atoms with van der Waals surface area (Å²) in [5.74, 6) is 1.73. The van der Waals surface area contributed by atoms with Crippen molar-refractivity contribution in [2.24, 2.45) is 0 Å². The van der Waals surface area contributed by atoms with Gasteiger partial charge in [-0.05, 0) is 50.4 Å². The van der Waals surface area contributed by atoms with Crippen LogP contribution in [0.1, 0.15) is 37.3 Å². The van der Waals surface area contributed by atoms with Crippen LogP contribution in [-0.4, -0.2) is 79.5 Å². The molecule has 1 unspecified atom stereocenters. The Bertz CT molecular complexity index is 732. The first-order chi connectivity index (χ1) is 13.6. The van der Waals surface area contributed by atoms with Gasteiger partial charge in [0.1, 0.15) is 13.2 Å². The van der Waals surface area contributed by atoms with Gasteiger partial charge < -0.3 is 19.3 Å². The number of carbonyl (C=O) groups excluding carboxylic acids is 2. The van der Waals surface area contributed by atoms with Crippen LogP contribution >= 0.6 is 0 Å². The van der Waals surface area contributed by atoms with Crippen LogP contribution < -0.4 is 9.47 Å². The molecule has 4 rings (SSSR count). The molecule has 0 radical (unpaired) electrons. The molecule has 7 nitrogen and oxygen atoms in total. The molecule has 3 aliphatic heterocycles. The van der Waals surface area contributed by atoms with Crippen molar-refractivity contribution in [3.8, 4) is 11.5 Å². The summed E-state index contributed by atoms with van der Waals surface area (Å²) in [4.78, 5) is 30.9. The van der Waals surface area contributed by atoms with Crippen LogP contribution in [0.2, 0.25) is 0 Å². The topological polar surface area (TPSA) is 62.3 Å². The van der Waals surface area contributed by atoms with Gasteiger partial charge in [0, 0.05) is 19.6 Å². The molecular formula is C21H29N3O4. The van der Waals surface area contributed by atoms with Crippen molar-refractivity contribution in [3.05, 3.63) is 23.8 Å². The zero-order valence-electron chi connectivity index (χ0n) is 16.6. The average molecular weight is 387 g/mol. The van der Waals surface area contributed by atoms with Gasteiger partial charge >= 0.3 is 0 Å². The predicted octanol–water partition coefficient (Wildman–Crippen LogP) is 1.68. The predicted molar refractivity (Wildman–Crippen MR) is 104 cm³/mol. The quantitative estimate of drug-likeness (QED) is 0.769. The number of likely N-dealkylation sites (N-methyl/N-ethyl adjacent to an activating group) is 1. The van der Waals surface area contributed by atoms with E-state index in [4.69, 9.17) is 9.47 Å². The van der Waals surface area contributed by atoms with Crippen molar-refractivity contribution >= 4 is 11.8 Å². The molecule has 3 heterocycles. The molecule has 1 aromatic rings. The standard InChI is InChI=1S/C21H29N3O4/c1-22(14-20(25)23-8-2-3-9-23)15-21(26)24-10-4-5-17(24)16-6-7-18-19(13-16)28-12-11-27-18/h6-7,13,17H,2-5,8-12,14-15H2,1H3. The summed E-state index contributed by atoms with van der Waals surface area (Å²) in [6.07, 6.45) is 4.10. The highest BCUT2D eigenvalue weighted by atomic mass is 16.6. The molecule has 152 valence electrons. The van der Waals surface area contributed by atoms with E-state index in [-0.39, 0.29) is 24.4 Å². The number of benzene rings is 1. The average Bonchev–Trinajstić information content (AvgIpc) is 3.39. The van der Waals surface area contributed by atoms with Crippen LogP contribution in [0.15, 0.2) is 18.2 Å². The number of hydrogen-bond donors (Lipinski definition) is 0. The Morgan fingerprint density at radius 3 is 2.50 bits per heavy atom. The van der Waals surface area contributed by atoms with E-state index in [9.17, 15) is 9.59 Å². The molecular weight excluding hydrogens is 358 g/mol. The van der Waals surface area contributed by atoms with E-state index in [1.165, 1.54) is 0 Å². The smallest absolute Gasteiger partial charge is 0.237 e. The maximum Gasteiger partial charge on any atom is 0.237 e. The fourth-order valence-electron chi connectivity index (χ4n) is 4.35. The van der Waals surface area contributed by atoms with Crippen molar-refractivity contribution in [1.82, 2.24) is 14.7 Å². The Morgan fingerprint density at radius 1 is 1.00 bits per heavy atom. The molecule has 0 aromatic heterocycles. The number of amides is 2. The monoisotopic (exact) mass is 387 g/mol. The Labute approximate surface area is 166 Å². The third-order valence-electron chi connectivity index (χ3n) is 5.79. The second-order valence-electron chi connectivity index (χ2n) is 7.91. The molecule has 1 aromatic carbocycles. The highest BCUT2D eigenvalue weighted by Crippen LogP contribution is 2.38. The van der Waals surface area contributed by atoms with Gasteiger partial charge in [-0.2, -0.15) is 0 Å². The largest absolute Gasteiger partial charge is 0.486 e. The number of ether oxygens (including phenoxy) is 2. The van der Waals surface area contributed by atoms with Gasteiger partial charge in [-0.15, -0.1) is 0 Å². The van der Waals surface area contributed by atoms with Gasteiger partial charge in [-0.1, -0.05) is 6.07 Å². The summed E-state index contributed by atoms with van der Waals surface area (Å²) < 4.78 is 11.3. The maximum atomic E-state index is 12.9. The van der Waals surface area contributed by atoms with Crippen molar-refractivity contribution in [3.63, 3.8) is 0 Å². The zero-order chi connectivity index (χ0) is 19.5. The van der Waals surface area contributed by atoms with Crippen LogP contribution in [0.25, 0.3) is 0 Å². The Kier molecular flexibility index (Phi) is 5.71. The number of likely N-dealkylation sites (tertiary alicyclic amines) is 2. The van der Waals surface area contributed by atoms with Gasteiger partial charge in [0.2, 0.25) is 11.8 Å². The van der Waals surface area contributed by atoms with Crippen molar-refractivity contribution in [2.45, 2.75) is 31.7 Å². The summed E-state index contributed by atoms with van der Waals surface area (Å²) in [7, 11) is 1.85. The zero-order valence-corrected chi connectivity index (χ0v) is 16.6. The summed E-state index contributed by atoms with van der Waals surface area (Å²) in [6.45, 7) is 4.14. The van der Waals surface area contributed by atoms with E-state index in [0.717, 1.165) is 62.4 Å². The molecule has 0 aliphatic carbocycles. The molecule has 0 bridgehead atoms. The van der Waals surface area contributed by atoms with E-state index in [0.29, 0.717) is 19.8 Å². The second-order valence-corrected chi connectivity index (χ2v) is 7.91. The maximum absolute atomic E-state index is 12.9. The number of hydrogen-bond acceptors (Lipinski definition) is 5. The fourth-order valence-corrected chi connectivity index (χ4v) is 4.35. The third-order valence-corrected chi connectivity index (χ3v) is 5.79. The lowest BCUT2D eigenvalue weighted by Crippen LogP contribution is -2.43. The van der Waals surface area contributed by atoms with Gasteiger partial charge in [-0.25, -0.2) is 0 Å². The molecule has 7 heteroatoms. The molecule has 0 saturated carbocycles. The molecule has 28 heavy (non-hydrogen) atoms. The number of rotatable bonds is 5. The van der Waals surface area contributed by atoms with Crippen LogP contribution in [0.5, 0.6) is 11.5 Å². The first-order valence-corrected chi connectivity index (χ1v) is 10.3. The molecule has 0 N–H and O–H groups in total.